The standard InChI is InChI=1S/C22H22O2/c1-14(2)21-13-19(12-15(3)22(21)24)18-6-4-16(5-7-18)17-8-10-20(23)11-9-17/h4-14,23-24H,1-3H3. The highest BCUT2D eigenvalue weighted by Gasteiger charge is 2.11. The number of benzene rings is 3. The van der Waals surface area contributed by atoms with Crippen LogP contribution in [-0.2, 0) is 0 Å². The maximum absolute atomic E-state index is 10.2. The zero-order chi connectivity index (χ0) is 17.3. The van der Waals surface area contributed by atoms with Crippen LogP contribution in [0.15, 0.2) is 60.7 Å². The Labute approximate surface area is 143 Å². The number of hydrogen-bond acceptors (Lipinski definition) is 2. The van der Waals surface area contributed by atoms with Gasteiger partial charge in [0.05, 0.1) is 0 Å². The molecule has 0 aromatic heterocycles. The zero-order valence-electron chi connectivity index (χ0n) is 14.2. The molecule has 0 spiro atoms. The maximum Gasteiger partial charge on any atom is 0.121 e. The minimum atomic E-state index is 0.274. The first-order valence-corrected chi connectivity index (χ1v) is 8.19. The monoisotopic (exact) mass is 318 g/mol. The Balaban J connectivity index is 1.98. The first kappa shape index (κ1) is 16.1. The summed E-state index contributed by atoms with van der Waals surface area (Å²) in [5.74, 6) is 0.950. The molecule has 0 heterocycles. The predicted octanol–water partition coefficient (Wildman–Crippen LogP) is 5.86. The number of rotatable bonds is 3. The first-order valence-electron chi connectivity index (χ1n) is 8.19. The summed E-state index contributed by atoms with van der Waals surface area (Å²) in [4.78, 5) is 0. The van der Waals surface area contributed by atoms with Crippen LogP contribution in [-0.4, -0.2) is 10.2 Å². The van der Waals surface area contributed by atoms with E-state index in [0.717, 1.165) is 33.4 Å². The smallest absolute Gasteiger partial charge is 0.121 e. The lowest BCUT2D eigenvalue weighted by atomic mass is 9.93. The van der Waals surface area contributed by atoms with Gasteiger partial charge in [0, 0.05) is 0 Å². The van der Waals surface area contributed by atoms with E-state index in [-0.39, 0.29) is 11.7 Å². The summed E-state index contributed by atoms with van der Waals surface area (Å²) in [7, 11) is 0. The Morgan fingerprint density at radius 2 is 1.12 bits per heavy atom. The van der Waals surface area contributed by atoms with Crippen molar-refractivity contribution in [2.75, 3.05) is 0 Å². The third kappa shape index (κ3) is 3.13. The van der Waals surface area contributed by atoms with Crippen LogP contribution < -0.4 is 0 Å². The van der Waals surface area contributed by atoms with Gasteiger partial charge in [-0.25, -0.2) is 0 Å². The number of hydrogen-bond donors (Lipinski definition) is 2. The van der Waals surface area contributed by atoms with Crippen molar-refractivity contribution < 1.29 is 10.2 Å². The van der Waals surface area contributed by atoms with E-state index in [0.29, 0.717) is 5.75 Å². The Bertz CT molecular complexity index is 844. The fourth-order valence-corrected chi connectivity index (χ4v) is 2.92. The third-order valence-corrected chi connectivity index (χ3v) is 4.37. The molecule has 0 unspecified atom stereocenters. The number of phenols is 2. The average Bonchev–Trinajstić information content (AvgIpc) is 2.58. The quantitative estimate of drug-likeness (QED) is 0.634. The fourth-order valence-electron chi connectivity index (χ4n) is 2.92. The lowest BCUT2D eigenvalue weighted by Gasteiger charge is -2.14. The van der Waals surface area contributed by atoms with Gasteiger partial charge in [-0.3, -0.25) is 0 Å². The molecule has 0 aliphatic carbocycles. The van der Waals surface area contributed by atoms with Crippen molar-refractivity contribution in [1.29, 1.82) is 0 Å². The van der Waals surface area contributed by atoms with Crippen LogP contribution in [0.1, 0.15) is 30.9 Å². The SMILES string of the molecule is Cc1cc(-c2ccc(-c3ccc(O)cc3)cc2)cc(C(C)C)c1O. The van der Waals surface area contributed by atoms with Crippen molar-refractivity contribution in [3.63, 3.8) is 0 Å². The van der Waals surface area contributed by atoms with Crippen LogP contribution in [0.5, 0.6) is 11.5 Å². The van der Waals surface area contributed by atoms with E-state index < -0.39 is 0 Å². The minimum Gasteiger partial charge on any atom is -0.508 e. The van der Waals surface area contributed by atoms with Crippen LogP contribution in [0.4, 0.5) is 0 Å². The molecule has 0 fully saturated rings. The van der Waals surface area contributed by atoms with E-state index in [9.17, 15) is 10.2 Å². The van der Waals surface area contributed by atoms with Gasteiger partial charge in [-0.1, -0.05) is 50.2 Å². The van der Waals surface area contributed by atoms with E-state index in [4.69, 9.17) is 0 Å². The molecule has 0 bridgehead atoms. The van der Waals surface area contributed by atoms with E-state index in [1.54, 1.807) is 12.1 Å². The second kappa shape index (κ2) is 6.40. The Morgan fingerprint density at radius 1 is 0.667 bits per heavy atom. The molecule has 0 saturated heterocycles. The molecule has 0 aliphatic heterocycles. The van der Waals surface area contributed by atoms with E-state index in [2.05, 4.69) is 44.2 Å². The Kier molecular flexibility index (Phi) is 4.30. The molecule has 2 N–H and O–H groups in total. The number of aromatic hydroxyl groups is 2. The predicted molar refractivity (Wildman–Crippen MR) is 99.5 cm³/mol. The summed E-state index contributed by atoms with van der Waals surface area (Å²) < 4.78 is 0. The summed E-state index contributed by atoms with van der Waals surface area (Å²) in [6.07, 6.45) is 0. The summed E-state index contributed by atoms with van der Waals surface area (Å²) in [6.45, 7) is 6.12. The molecule has 3 aromatic carbocycles. The molecule has 3 rings (SSSR count). The van der Waals surface area contributed by atoms with Gasteiger partial charge in [0.15, 0.2) is 0 Å². The lowest BCUT2D eigenvalue weighted by Crippen LogP contribution is -1.92. The van der Waals surface area contributed by atoms with E-state index in [1.807, 2.05) is 25.1 Å². The highest BCUT2D eigenvalue weighted by Crippen LogP contribution is 2.34. The number of phenolic OH excluding ortho intramolecular Hbond substituents is 2. The summed E-state index contributed by atoms with van der Waals surface area (Å²) in [5, 5.41) is 19.6. The van der Waals surface area contributed by atoms with Gasteiger partial charge in [-0.05, 0) is 70.5 Å². The molecule has 0 atom stereocenters. The fraction of sp³-hybridized carbons (Fsp3) is 0.182. The number of aryl methyl sites for hydroxylation is 1. The summed E-state index contributed by atoms with van der Waals surface area (Å²) in [6, 6.07) is 19.7. The lowest BCUT2D eigenvalue weighted by molar-refractivity contribution is 0.461. The van der Waals surface area contributed by atoms with Crippen LogP contribution in [0, 0.1) is 6.92 Å². The van der Waals surface area contributed by atoms with Gasteiger partial charge in [0.2, 0.25) is 0 Å². The first-order chi connectivity index (χ1) is 11.5. The van der Waals surface area contributed by atoms with Crippen LogP contribution in [0.25, 0.3) is 22.3 Å². The molecule has 24 heavy (non-hydrogen) atoms. The second-order valence-electron chi connectivity index (χ2n) is 6.51. The minimum absolute atomic E-state index is 0.274. The van der Waals surface area contributed by atoms with Crippen LogP contribution in [0.3, 0.4) is 0 Å². The van der Waals surface area contributed by atoms with E-state index >= 15 is 0 Å². The molecule has 0 amide bonds. The Morgan fingerprint density at radius 3 is 1.62 bits per heavy atom. The largest absolute Gasteiger partial charge is 0.508 e. The van der Waals surface area contributed by atoms with Gasteiger partial charge in [0.25, 0.3) is 0 Å². The summed E-state index contributed by atoms with van der Waals surface area (Å²) >= 11 is 0. The molecular weight excluding hydrogens is 296 g/mol. The van der Waals surface area contributed by atoms with Gasteiger partial charge >= 0.3 is 0 Å². The van der Waals surface area contributed by atoms with Gasteiger partial charge in [-0.15, -0.1) is 0 Å². The van der Waals surface area contributed by atoms with Crippen molar-refractivity contribution in [1.82, 2.24) is 0 Å². The second-order valence-corrected chi connectivity index (χ2v) is 6.51. The van der Waals surface area contributed by atoms with Crippen molar-refractivity contribution in [3.05, 3.63) is 71.8 Å². The Hall–Kier alpha value is -2.74. The van der Waals surface area contributed by atoms with Crippen LogP contribution in [0.2, 0.25) is 0 Å². The van der Waals surface area contributed by atoms with Gasteiger partial charge < -0.3 is 10.2 Å². The average molecular weight is 318 g/mol. The highest BCUT2D eigenvalue weighted by molar-refractivity contribution is 5.72. The van der Waals surface area contributed by atoms with Crippen molar-refractivity contribution in [2.24, 2.45) is 0 Å². The van der Waals surface area contributed by atoms with E-state index in [1.165, 1.54) is 0 Å². The normalized spacial score (nSPS) is 11.0. The van der Waals surface area contributed by atoms with Crippen molar-refractivity contribution >= 4 is 0 Å². The molecule has 0 saturated carbocycles. The molecule has 0 aliphatic rings. The van der Waals surface area contributed by atoms with Gasteiger partial charge in [-0.2, -0.15) is 0 Å². The molecule has 2 heteroatoms. The van der Waals surface area contributed by atoms with Crippen molar-refractivity contribution in [2.45, 2.75) is 26.7 Å². The summed E-state index contributed by atoms with van der Waals surface area (Å²) in [5.41, 5.74) is 6.31. The third-order valence-electron chi connectivity index (χ3n) is 4.37. The molecular formula is C22H22O2. The van der Waals surface area contributed by atoms with Gasteiger partial charge in [0.1, 0.15) is 11.5 Å². The maximum atomic E-state index is 10.2. The topological polar surface area (TPSA) is 40.5 Å². The van der Waals surface area contributed by atoms with Crippen molar-refractivity contribution in [3.8, 4) is 33.8 Å². The molecule has 2 nitrogen and oxygen atoms in total. The molecule has 3 aromatic rings. The molecule has 0 radical (unpaired) electrons. The molecule has 122 valence electrons. The highest BCUT2D eigenvalue weighted by atomic mass is 16.3. The zero-order valence-corrected chi connectivity index (χ0v) is 14.2. The van der Waals surface area contributed by atoms with Crippen LogP contribution >= 0.6 is 0 Å².